The average Bonchev–Trinajstić information content (AvgIpc) is 3.28. The first-order valence-electron chi connectivity index (χ1n) is 8.01. The molecule has 0 aliphatic heterocycles. The van der Waals surface area contributed by atoms with Gasteiger partial charge in [-0.05, 0) is 47.6 Å². The highest BCUT2D eigenvalue weighted by atomic mass is 35.5. The molecule has 0 fully saturated rings. The van der Waals surface area contributed by atoms with Crippen LogP contribution in [0.3, 0.4) is 0 Å². The van der Waals surface area contributed by atoms with E-state index in [1.54, 1.807) is 11.0 Å². The topological polar surface area (TPSA) is 64.3 Å². The van der Waals surface area contributed by atoms with Gasteiger partial charge in [0.1, 0.15) is 18.5 Å². The quantitative estimate of drug-likeness (QED) is 0.533. The van der Waals surface area contributed by atoms with Crippen LogP contribution in [0.25, 0.3) is 5.69 Å². The molecule has 0 unspecified atom stereocenters. The van der Waals surface area contributed by atoms with Gasteiger partial charge in [-0.3, -0.25) is 9.67 Å². The molecule has 0 amide bonds. The van der Waals surface area contributed by atoms with Crippen molar-refractivity contribution >= 4 is 23.8 Å². The molecule has 130 valence electrons. The van der Waals surface area contributed by atoms with Crippen molar-refractivity contribution in [1.82, 2.24) is 29.5 Å². The smallest absolute Gasteiger partial charge is 0.199 e. The molecule has 0 bridgehead atoms. The Kier molecular flexibility index (Phi) is 4.64. The highest BCUT2D eigenvalue weighted by Gasteiger charge is 2.09. The van der Waals surface area contributed by atoms with Crippen LogP contribution >= 0.6 is 23.8 Å². The Balaban J connectivity index is 1.60. The van der Waals surface area contributed by atoms with Crippen LogP contribution < -0.4 is 0 Å². The van der Waals surface area contributed by atoms with Crippen LogP contribution in [0.4, 0.5) is 0 Å². The lowest BCUT2D eigenvalue weighted by Crippen LogP contribution is -2.04. The summed E-state index contributed by atoms with van der Waals surface area (Å²) in [7, 11) is 0. The van der Waals surface area contributed by atoms with Gasteiger partial charge in [0, 0.05) is 17.1 Å². The van der Waals surface area contributed by atoms with Crippen molar-refractivity contribution in [2.75, 3.05) is 0 Å². The molecule has 2 aromatic heterocycles. The van der Waals surface area contributed by atoms with Gasteiger partial charge in [0.05, 0.1) is 6.54 Å². The van der Waals surface area contributed by atoms with Crippen molar-refractivity contribution in [2.24, 2.45) is 0 Å². The van der Waals surface area contributed by atoms with E-state index in [1.807, 2.05) is 41.0 Å². The van der Waals surface area contributed by atoms with Crippen LogP contribution in [0, 0.1) is 4.77 Å². The van der Waals surface area contributed by atoms with Gasteiger partial charge < -0.3 is 0 Å². The Morgan fingerprint density at radius 1 is 1.00 bits per heavy atom. The number of hydrogen-bond donors (Lipinski definition) is 1. The lowest BCUT2D eigenvalue weighted by Gasteiger charge is -2.08. The molecule has 0 saturated heterocycles. The normalized spacial score (nSPS) is 11.0. The maximum Gasteiger partial charge on any atom is 0.199 e. The molecule has 0 aliphatic carbocycles. The highest BCUT2D eigenvalue weighted by molar-refractivity contribution is 7.71. The maximum atomic E-state index is 5.96. The molecule has 2 heterocycles. The molecule has 1 N–H and O–H groups in total. The summed E-state index contributed by atoms with van der Waals surface area (Å²) in [5, 5.41) is 12.1. The molecule has 0 spiro atoms. The van der Waals surface area contributed by atoms with E-state index in [0.717, 1.165) is 27.7 Å². The third-order valence-electron chi connectivity index (χ3n) is 4.02. The average molecular weight is 383 g/mol. The Morgan fingerprint density at radius 2 is 1.73 bits per heavy atom. The lowest BCUT2D eigenvalue weighted by molar-refractivity contribution is 0.684. The van der Waals surface area contributed by atoms with E-state index in [4.69, 9.17) is 23.8 Å². The van der Waals surface area contributed by atoms with Gasteiger partial charge in [0.2, 0.25) is 0 Å². The van der Waals surface area contributed by atoms with Crippen LogP contribution in [-0.4, -0.2) is 29.5 Å². The monoisotopic (exact) mass is 382 g/mol. The van der Waals surface area contributed by atoms with Crippen molar-refractivity contribution in [3.63, 3.8) is 0 Å². The zero-order valence-corrected chi connectivity index (χ0v) is 15.3. The van der Waals surface area contributed by atoms with Crippen LogP contribution in [0.2, 0.25) is 5.02 Å². The Bertz CT molecular complexity index is 1050. The van der Waals surface area contributed by atoms with Crippen LogP contribution in [0.15, 0.2) is 61.2 Å². The molecule has 4 rings (SSSR count). The number of halogens is 1. The summed E-state index contributed by atoms with van der Waals surface area (Å²) in [5.74, 6) is 0.848. The number of nitrogens with zero attached hydrogens (tertiary/aromatic N) is 5. The van der Waals surface area contributed by atoms with Gasteiger partial charge in [-0.15, -0.1) is 0 Å². The van der Waals surface area contributed by atoms with Gasteiger partial charge in [-0.2, -0.15) is 10.2 Å². The van der Waals surface area contributed by atoms with Crippen molar-refractivity contribution in [1.29, 1.82) is 0 Å². The van der Waals surface area contributed by atoms with Crippen LogP contribution in [-0.2, 0) is 13.0 Å². The first-order valence-corrected chi connectivity index (χ1v) is 8.80. The van der Waals surface area contributed by atoms with Crippen molar-refractivity contribution in [3.8, 4) is 5.69 Å². The van der Waals surface area contributed by atoms with Gasteiger partial charge in [-0.1, -0.05) is 35.9 Å². The minimum Gasteiger partial charge on any atom is -0.272 e. The summed E-state index contributed by atoms with van der Waals surface area (Å²) in [6.07, 6.45) is 3.89. The zero-order chi connectivity index (χ0) is 17.9. The second-order valence-electron chi connectivity index (χ2n) is 5.84. The van der Waals surface area contributed by atoms with E-state index < -0.39 is 0 Å². The van der Waals surface area contributed by atoms with Crippen molar-refractivity contribution in [3.05, 3.63) is 87.9 Å². The molecule has 0 saturated carbocycles. The fraction of sp³-hybridized carbons (Fsp3) is 0.111. The number of H-pyrrole nitrogens is 1. The second kappa shape index (κ2) is 7.23. The summed E-state index contributed by atoms with van der Waals surface area (Å²) in [6, 6.07) is 15.9. The SMILES string of the molecule is S=c1[nH]nc(Cc2ccc(Cl)cc2)n1-c1ccc(Cn2cncn2)cc1. The minimum absolute atomic E-state index is 0.568. The standard InChI is InChI=1S/C18H15ClN6S/c19-15-5-1-13(2-6-15)9-17-22-23-18(26)25(17)16-7-3-14(4-8-16)10-24-12-20-11-21-24/h1-8,11-12H,9-10H2,(H,23,26). The largest absolute Gasteiger partial charge is 0.272 e. The Hall–Kier alpha value is -2.77. The summed E-state index contributed by atoms with van der Waals surface area (Å²) < 4.78 is 4.30. The number of benzene rings is 2. The van der Waals surface area contributed by atoms with Gasteiger partial charge >= 0.3 is 0 Å². The van der Waals surface area contributed by atoms with Crippen molar-refractivity contribution < 1.29 is 0 Å². The molecule has 0 atom stereocenters. The van der Waals surface area contributed by atoms with E-state index in [9.17, 15) is 0 Å². The third-order valence-corrected chi connectivity index (χ3v) is 4.55. The van der Waals surface area contributed by atoms with Gasteiger partial charge in [0.15, 0.2) is 4.77 Å². The molecule has 8 heteroatoms. The predicted octanol–water partition coefficient (Wildman–Crippen LogP) is 3.81. The lowest BCUT2D eigenvalue weighted by atomic mass is 10.1. The molecular weight excluding hydrogens is 368 g/mol. The minimum atomic E-state index is 0.568. The third kappa shape index (κ3) is 3.58. The van der Waals surface area contributed by atoms with Crippen LogP contribution in [0.1, 0.15) is 17.0 Å². The van der Waals surface area contributed by atoms with E-state index in [0.29, 0.717) is 17.7 Å². The molecule has 0 radical (unpaired) electrons. The number of hydrogen-bond acceptors (Lipinski definition) is 4. The molecule has 6 nitrogen and oxygen atoms in total. The fourth-order valence-corrected chi connectivity index (χ4v) is 3.13. The first-order chi connectivity index (χ1) is 12.7. The van der Waals surface area contributed by atoms with E-state index in [2.05, 4.69) is 32.4 Å². The van der Waals surface area contributed by atoms with Gasteiger partial charge in [0.25, 0.3) is 0 Å². The molecule has 0 aliphatic rings. The zero-order valence-electron chi connectivity index (χ0n) is 13.7. The summed E-state index contributed by atoms with van der Waals surface area (Å²) >= 11 is 11.4. The summed E-state index contributed by atoms with van der Waals surface area (Å²) in [4.78, 5) is 3.96. The summed E-state index contributed by atoms with van der Waals surface area (Å²) in [5.41, 5.74) is 3.22. The van der Waals surface area contributed by atoms with E-state index in [-0.39, 0.29) is 0 Å². The number of rotatable bonds is 5. The Labute approximate surface area is 160 Å². The second-order valence-corrected chi connectivity index (χ2v) is 6.67. The molecule has 2 aromatic carbocycles. The molecular formula is C18H15ClN6S. The van der Waals surface area contributed by atoms with Crippen LogP contribution in [0.5, 0.6) is 0 Å². The summed E-state index contributed by atoms with van der Waals surface area (Å²) in [6.45, 7) is 0.675. The Morgan fingerprint density at radius 3 is 2.42 bits per heavy atom. The first kappa shape index (κ1) is 16.7. The van der Waals surface area contributed by atoms with E-state index in [1.165, 1.54) is 6.33 Å². The predicted molar refractivity (Wildman–Crippen MR) is 102 cm³/mol. The van der Waals surface area contributed by atoms with E-state index >= 15 is 0 Å². The van der Waals surface area contributed by atoms with Crippen molar-refractivity contribution in [2.45, 2.75) is 13.0 Å². The maximum absolute atomic E-state index is 5.96. The fourth-order valence-electron chi connectivity index (χ4n) is 2.75. The number of nitrogens with one attached hydrogen (secondary N) is 1. The number of aromatic amines is 1. The highest BCUT2D eigenvalue weighted by Crippen LogP contribution is 2.17. The van der Waals surface area contributed by atoms with Gasteiger partial charge in [-0.25, -0.2) is 9.67 Å². The molecule has 4 aromatic rings. The number of aromatic nitrogens is 6. The molecule has 26 heavy (non-hydrogen) atoms.